The third-order valence-electron chi connectivity index (χ3n) is 4.47. The molecule has 2 aromatic rings. The standard InChI is InChI=1S/C17H17Cl2N5O2/c18-13-3-1-10(6-14(13)19)22-17-12(16(21)26)8-24(23-17)15-4-2-11(25)5-9(15)7-20/h1,3,6,8-9,11,15,25H,2,4-5H2,(H2,21,26)(H,22,23)/t9-,11+,15+/m1/s1. The minimum Gasteiger partial charge on any atom is -0.393 e. The summed E-state index contributed by atoms with van der Waals surface area (Å²) in [7, 11) is 0. The van der Waals surface area contributed by atoms with E-state index in [2.05, 4.69) is 16.5 Å². The Balaban J connectivity index is 1.92. The summed E-state index contributed by atoms with van der Waals surface area (Å²) in [6.45, 7) is 0. The number of benzene rings is 1. The minimum atomic E-state index is -0.636. The van der Waals surface area contributed by atoms with Crippen LogP contribution < -0.4 is 11.1 Å². The smallest absolute Gasteiger partial charge is 0.254 e. The van der Waals surface area contributed by atoms with E-state index in [4.69, 9.17) is 28.9 Å². The van der Waals surface area contributed by atoms with Gasteiger partial charge in [0.05, 0.1) is 34.2 Å². The second-order valence-corrected chi connectivity index (χ2v) is 7.07. The van der Waals surface area contributed by atoms with Crippen LogP contribution in [0.1, 0.15) is 35.7 Å². The summed E-state index contributed by atoms with van der Waals surface area (Å²) in [4.78, 5) is 11.8. The van der Waals surface area contributed by atoms with Crippen molar-refractivity contribution in [3.8, 4) is 6.07 Å². The fourth-order valence-electron chi connectivity index (χ4n) is 3.13. The van der Waals surface area contributed by atoms with Gasteiger partial charge in [0.25, 0.3) is 5.91 Å². The average Bonchev–Trinajstić information content (AvgIpc) is 3.02. The van der Waals surface area contributed by atoms with E-state index in [1.807, 2.05) is 0 Å². The van der Waals surface area contributed by atoms with Crippen LogP contribution in [0.5, 0.6) is 0 Å². The van der Waals surface area contributed by atoms with E-state index >= 15 is 0 Å². The van der Waals surface area contributed by atoms with Crippen molar-refractivity contribution in [1.82, 2.24) is 9.78 Å². The number of rotatable bonds is 4. The largest absolute Gasteiger partial charge is 0.393 e. The number of aliphatic hydroxyl groups is 1. The number of nitrogens with one attached hydrogen (secondary N) is 1. The molecule has 136 valence electrons. The Morgan fingerprint density at radius 3 is 2.81 bits per heavy atom. The Morgan fingerprint density at radius 2 is 2.15 bits per heavy atom. The highest BCUT2D eigenvalue weighted by molar-refractivity contribution is 6.42. The summed E-state index contributed by atoms with van der Waals surface area (Å²) < 4.78 is 1.58. The number of hydrogen-bond acceptors (Lipinski definition) is 5. The molecule has 0 spiro atoms. The van der Waals surface area contributed by atoms with Crippen molar-refractivity contribution >= 4 is 40.6 Å². The maximum atomic E-state index is 11.8. The number of nitrogens with zero attached hydrogens (tertiary/aromatic N) is 3. The van der Waals surface area contributed by atoms with Crippen LogP contribution in [0.15, 0.2) is 24.4 Å². The van der Waals surface area contributed by atoms with Crippen LogP contribution in [0, 0.1) is 17.2 Å². The molecule has 1 aliphatic carbocycles. The Hall–Kier alpha value is -2.27. The summed E-state index contributed by atoms with van der Waals surface area (Å²) >= 11 is 11.9. The Labute approximate surface area is 160 Å². The zero-order valence-electron chi connectivity index (χ0n) is 13.7. The normalized spacial score (nSPS) is 22.6. The molecule has 7 nitrogen and oxygen atoms in total. The van der Waals surface area contributed by atoms with E-state index in [1.54, 1.807) is 22.9 Å². The second-order valence-electron chi connectivity index (χ2n) is 6.26. The molecule has 26 heavy (non-hydrogen) atoms. The van der Waals surface area contributed by atoms with E-state index in [0.717, 1.165) is 0 Å². The lowest BCUT2D eigenvalue weighted by Crippen LogP contribution is -2.29. The van der Waals surface area contributed by atoms with Crippen LogP contribution in [-0.4, -0.2) is 26.9 Å². The summed E-state index contributed by atoms with van der Waals surface area (Å²) in [5.41, 5.74) is 6.28. The third-order valence-corrected chi connectivity index (χ3v) is 5.21. The first-order valence-corrected chi connectivity index (χ1v) is 8.83. The van der Waals surface area contributed by atoms with E-state index in [1.165, 1.54) is 6.20 Å². The first-order valence-electron chi connectivity index (χ1n) is 8.07. The maximum absolute atomic E-state index is 11.8. The third kappa shape index (κ3) is 3.78. The monoisotopic (exact) mass is 393 g/mol. The van der Waals surface area contributed by atoms with Gasteiger partial charge in [0.15, 0.2) is 5.82 Å². The van der Waals surface area contributed by atoms with Gasteiger partial charge in [-0.15, -0.1) is 0 Å². The quantitative estimate of drug-likeness (QED) is 0.736. The number of halogens is 2. The highest BCUT2D eigenvalue weighted by Crippen LogP contribution is 2.35. The van der Waals surface area contributed by atoms with E-state index in [0.29, 0.717) is 35.0 Å². The molecule has 0 radical (unpaired) electrons. The molecule has 9 heteroatoms. The highest BCUT2D eigenvalue weighted by atomic mass is 35.5. The number of nitrogens with two attached hydrogens (primary N) is 1. The summed E-state index contributed by atoms with van der Waals surface area (Å²) in [5.74, 6) is -0.751. The molecule has 0 bridgehead atoms. The van der Waals surface area contributed by atoms with Crippen molar-refractivity contribution in [3.05, 3.63) is 40.0 Å². The number of hydrogen-bond donors (Lipinski definition) is 3. The van der Waals surface area contributed by atoms with Gasteiger partial charge in [-0.1, -0.05) is 23.2 Å². The first-order chi connectivity index (χ1) is 12.4. The van der Waals surface area contributed by atoms with Gasteiger partial charge >= 0.3 is 0 Å². The molecule has 1 heterocycles. The molecule has 0 saturated heterocycles. The summed E-state index contributed by atoms with van der Waals surface area (Å²) in [6, 6.07) is 6.93. The van der Waals surface area contributed by atoms with E-state index in [9.17, 15) is 15.2 Å². The Bertz CT molecular complexity index is 877. The van der Waals surface area contributed by atoms with Crippen LogP contribution in [0.4, 0.5) is 11.5 Å². The molecule has 3 atom stereocenters. The Kier molecular flexibility index (Phi) is 5.37. The topological polar surface area (TPSA) is 117 Å². The van der Waals surface area contributed by atoms with Crippen molar-refractivity contribution in [1.29, 1.82) is 5.26 Å². The summed E-state index contributed by atoms with van der Waals surface area (Å²) in [5, 5.41) is 27.4. The van der Waals surface area contributed by atoms with E-state index in [-0.39, 0.29) is 17.4 Å². The van der Waals surface area contributed by atoms with Crippen molar-refractivity contribution in [2.24, 2.45) is 11.7 Å². The van der Waals surface area contributed by atoms with Crippen LogP contribution in [0.2, 0.25) is 10.0 Å². The first kappa shape index (κ1) is 18.5. The molecule has 0 aliphatic heterocycles. The average molecular weight is 394 g/mol. The van der Waals surface area contributed by atoms with Crippen molar-refractivity contribution in [3.63, 3.8) is 0 Å². The zero-order chi connectivity index (χ0) is 18.8. The molecule has 1 aliphatic rings. The van der Waals surface area contributed by atoms with Gasteiger partial charge in [-0.25, -0.2) is 0 Å². The molecule has 1 aromatic heterocycles. The zero-order valence-corrected chi connectivity index (χ0v) is 15.2. The molecule has 3 rings (SSSR count). The molecular weight excluding hydrogens is 377 g/mol. The number of carbonyl (C=O) groups is 1. The molecule has 1 aromatic carbocycles. The number of amides is 1. The highest BCUT2D eigenvalue weighted by Gasteiger charge is 2.32. The number of primary amides is 1. The Morgan fingerprint density at radius 1 is 1.38 bits per heavy atom. The predicted molar refractivity (Wildman–Crippen MR) is 98.5 cm³/mol. The fraction of sp³-hybridized carbons (Fsp3) is 0.353. The number of anilines is 2. The van der Waals surface area contributed by atoms with Crippen molar-refractivity contribution in [2.75, 3.05) is 5.32 Å². The lowest BCUT2D eigenvalue weighted by atomic mass is 9.84. The second kappa shape index (κ2) is 7.54. The number of carbonyl (C=O) groups excluding carboxylic acids is 1. The number of aromatic nitrogens is 2. The molecule has 1 amide bonds. The predicted octanol–water partition coefficient (Wildman–Crippen LogP) is 3.26. The molecule has 4 N–H and O–H groups in total. The van der Waals surface area contributed by atoms with Gasteiger partial charge in [-0.3, -0.25) is 9.48 Å². The van der Waals surface area contributed by atoms with Gasteiger partial charge in [0.2, 0.25) is 0 Å². The van der Waals surface area contributed by atoms with Gasteiger partial charge < -0.3 is 16.2 Å². The molecule has 0 unspecified atom stereocenters. The minimum absolute atomic E-state index is 0.207. The molecular formula is C17H17Cl2N5O2. The van der Waals surface area contributed by atoms with Crippen LogP contribution in [0.25, 0.3) is 0 Å². The fourth-order valence-corrected chi connectivity index (χ4v) is 3.43. The maximum Gasteiger partial charge on any atom is 0.254 e. The van der Waals surface area contributed by atoms with Gasteiger partial charge in [0.1, 0.15) is 5.56 Å². The molecule has 1 saturated carbocycles. The van der Waals surface area contributed by atoms with Crippen LogP contribution in [-0.2, 0) is 0 Å². The van der Waals surface area contributed by atoms with Crippen molar-refractivity contribution < 1.29 is 9.90 Å². The molecule has 1 fully saturated rings. The SMILES string of the molecule is N#C[C@H]1C[C@@H](O)CC[C@@H]1n1cc(C(N)=O)c(Nc2ccc(Cl)c(Cl)c2)n1. The van der Waals surface area contributed by atoms with Crippen molar-refractivity contribution in [2.45, 2.75) is 31.4 Å². The van der Waals surface area contributed by atoms with Crippen LogP contribution >= 0.6 is 23.2 Å². The summed E-state index contributed by atoms with van der Waals surface area (Å²) in [6.07, 6.45) is 2.59. The van der Waals surface area contributed by atoms with Gasteiger partial charge in [0, 0.05) is 11.9 Å². The van der Waals surface area contributed by atoms with Gasteiger partial charge in [-0.2, -0.15) is 10.4 Å². The lowest BCUT2D eigenvalue weighted by Gasteiger charge is -2.30. The van der Waals surface area contributed by atoms with Crippen LogP contribution in [0.3, 0.4) is 0 Å². The van der Waals surface area contributed by atoms with Gasteiger partial charge in [-0.05, 0) is 37.5 Å². The number of nitriles is 1. The van der Waals surface area contributed by atoms with E-state index < -0.39 is 17.9 Å². The number of aliphatic hydroxyl groups excluding tert-OH is 1. The lowest BCUT2D eigenvalue weighted by molar-refractivity contribution is 0.0861.